The zero-order valence-electron chi connectivity index (χ0n) is 20.1. The first-order chi connectivity index (χ1) is 17.5. The van der Waals surface area contributed by atoms with Crippen LogP contribution >= 0.6 is 0 Å². The van der Waals surface area contributed by atoms with E-state index in [9.17, 15) is 9.59 Å². The SMILES string of the molecule is COc1ccc(C(=O)COc2cccn3c(=O)c(-c4cc(C)n(-c5ccccc5)n4)c(C)nc23)cc1. The van der Waals surface area contributed by atoms with Crippen LogP contribution in [-0.4, -0.2) is 38.7 Å². The summed E-state index contributed by atoms with van der Waals surface area (Å²) in [6.07, 6.45) is 1.63. The van der Waals surface area contributed by atoms with Gasteiger partial charge in [-0.1, -0.05) is 18.2 Å². The van der Waals surface area contributed by atoms with E-state index in [1.165, 1.54) is 4.40 Å². The number of fused-ring (bicyclic) bond motifs is 1. The van der Waals surface area contributed by atoms with Gasteiger partial charge in [0.25, 0.3) is 5.56 Å². The molecule has 3 aromatic heterocycles. The zero-order chi connectivity index (χ0) is 25.2. The molecule has 5 rings (SSSR count). The second-order valence-electron chi connectivity index (χ2n) is 8.30. The summed E-state index contributed by atoms with van der Waals surface area (Å²) in [7, 11) is 1.57. The molecule has 0 saturated heterocycles. The number of hydrogen-bond acceptors (Lipinski definition) is 6. The van der Waals surface area contributed by atoms with Crippen LogP contribution in [0.2, 0.25) is 0 Å². The summed E-state index contributed by atoms with van der Waals surface area (Å²) in [5.41, 5.74) is 3.87. The minimum atomic E-state index is -0.262. The molecule has 0 aliphatic heterocycles. The van der Waals surface area contributed by atoms with E-state index in [4.69, 9.17) is 9.47 Å². The molecule has 5 aromatic rings. The van der Waals surface area contributed by atoms with E-state index < -0.39 is 0 Å². The van der Waals surface area contributed by atoms with Crippen LogP contribution in [0.25, 0.3) is 22.6 Å². The van der Waals surface area contributed by atoms with Gasteiger partial charge in [0.15, 0.2) is 23.8 Å². The average Bonchev–Trinajstić information content (AvgIpc) is 3.28. The fourth-order valence-electron chi connectivity index (χ4n) is 4.08. The molecule has 0 radical (unpaired) electrons. The van der Waals surface area contributed by atoms with Crippen LogP contribution in [0, 0.1) is 13.8 Å². The van der Waals surface area contributed by atoms with E-state index in [1.807, 2.05) is 43.3 Å². The lowest BCUT2D eigenvalue weighted by Gasteiger charge is -2.11. The first-order valence-electron chi connectivity index (χ1n) is 11.4. The van der Waals surface area contributed by atoms with Gasteiger partial charge in [-0.2, -0.15) is 5.10 Å². The average molecular weight is 481 g/mol. The van der Waals surface area contributed by atoms with Crippen LogP contribution in [0.5, 0.6) is 11.5 Å². The summed E-state index contributed by atoms with van der Waals surface area (Å²) < 4.78 is 14.2. The third-order valence-electron chi connectivity index (χ3n) is 5.91. The molecule has 3 heterocycles. The lowest BCUT2D eigenvalue weighted by atomic mass is 10.1. The number of aromatic nitrogens is 4. The van der Waals surface area contributed by atoms with E-state index in [0.29, 0.717) is 39.7 Å². The molecule has 0 saturated carbocycles. The van der Waals surface area contributed by atoms with Gasteiger partial charge in [0, 0.05) is 17.5 Å². The summed E-state index contributed by atoms with van der Waals surface area (Å²) >= 11 is 0. The number of Topliss-reactive ketones (excluding diaryl/α,β-unsaturated/α-hetero) is 1. The molecular weight excluding hydrogens is 456 g/mol. The Balaban J connectivity index is 1.47. The Morgan fingerprint density at radius 1 is 0.972 bits per heavy atom. The summed E-state index contributed by atoms with van der Waals surface area (Å²) in [5, 5.41) is 4.69. The number of hydrogen-bond donors (Lipinski definition) is 0. The number of methoxy groups -OCH3 is 1. The monoisotopic (exact) mass is 480 g/mol. The second-order valence-corrected chi connectivity index (χ2v) is 8.30. The number of ether oxygens (including phenoxy) is 2. The number of benzene rings is 2. The van der Waals surface area contributed by atoms with Gasteiger partial charge in [-0.3, -0.25) is 14.0 Å². The molecule has 0 amide bonds. The number of ketones is 1. The van der Waals surface area contributed by atoms with Gasteiger partial charge < -0.3 is 9.47 Å². The van der Waals surface area contributed by atoms with Crippen molar-refractivity contribution in [3.8, 4) is 28.4 Å². The van der Waals surface area contributed by atoms with Crippen molar-refractivity contribution in [3.05, 3.63) is 106 Å². The maximum Gasteiger partial charge on any atom is 0.267 e. The lowest BCUT2D eigenvalue weighted by molar-refractivity contribution is 0.0922. The second kappa shape index (κ2) is 9.50. The highest BCUT2D eigenvalue weighted by Gasteiger charge is 2.19. The van der Waals surface area contributed by atoms with Crippen LogP contribution in [0.1, 0.15) is 21.7 Å². The number of pyridine rings is 1. The van der Waals surface area contributed by atoms with Gasteiger partial charge >= 0.3 is 0 Å². The summed E-state index contributed by atoms with van der Waals surface area (Å²) in [6, 6.07) is 21.8. The number of aryl methyl sites for hydroxylation is 2. The third-order valence-corrected chi connectivity index (χ3v) is 5.91. The van der Waals surface area contributed by atoms with Crippen LogP contribution in [-0.2, 0) is 0 Å². The fourth-order valence-corrected chi connectivity index (χ4v) is 4.08. The third kappa shape index (κ3) is 4.24. The van der Waals surface area contributed by atoms with Crippen molar-refractivity contribution < 1.29 is 14.3 Å². The minimum Gasteiger partial charge on any atom is -0.497 e. The maximum atomic E-state index is 13.5. The standard InChI is InChI=1S/C28H24N4O4/c1-18-16-23(30-32(18)21-8-5-4-6-9-21)26-19(2)29-27-25(10-7-15-31(27)28(26)34)36-17-24(33)20-11-13-22(35-3)14-12-20/h4-16H,17H2,1-3H3. The van der Waals surface area contributed by atoms with Crippen LogP contribution < -0.4 is 15.0 Å². The molecule has 0 aliphatic carbocycles. The summed E-state index contributed by atoms with van der Waals surface area (Å²) in [5.74, 6) is 0.814. The van der Waals surface area contributed by atoms with E-state index in [0.717, 1.165) is 11.4 Å². The Labute approximate surface area is 207 Å². The predicted molar refractivity (Wildman–Crippen MR) is 136 cm³/mol. The molecule has 8 nitrogen and oxygen atoms in total. The van der Waals surface area contributed by atoms with E-state index >= 15 is 0 Å². The van der Waals surface area contributed by atoms with Gasteiger partial charge in [0.05, 0.1) is 24.1 Å². The highest BCUT2D eigenvalue weighted by molar-refractivity contribution is 5.97. The molecule has 36 heavy (non-hydrogen) atoms. The van der Waals surface area contributed by atoms with Crippen LogP contribution in [0.4, 0.5) is 0 Å². The highest BCUT2D eigenvalue weighted by atomic mass is 16.5. The van der Waals surface area contributed by atoms with E-state index in [-0.39, 0.29) is 17.9 Å². The van der Waals surface area contributed by atoms with Gasteiger partial charge in [0.1, 0.15) is 11.4 Å². The largest absolute Gasteiger partial charge is 0.497 e. The molecule has 0 atom stereocenters. The van der Waals surface area contributed by atoms with E-state index in [1.54, 1.807) is 61.3 Å². The highest BCUT2D eigenvalue weighted by Crippen LogP contribution is 2.24. The van der Waals surface area contributed by atoms with Crippen LogP contribution in [0.15, 0.2) is 83.8 Å². The Bertz CT molecular complexity index is 1620. The van der Waals surface area contributed by atoms with Crippen molar-refractivity contribution in [2.45, 2.75) is 13.8 Å². The topological polar surface area (TPSA) is 87.7 Å². The molecule has 2 aromatic carbocycles. The Kier molecular flexibility index (Phi) is 6.08. The number of rotatable bonds is 7. The van der Waals surface area contributed by atoms with E-state index in [2.05, 4.69) is 10.1 Å². The van der Waals surface area contributed by atoms with Crippen molar-refractivity contribution >= 4 is 11.4 Å². The van der Waals surface area contributed by atoms with Gasteiger partial charge in [0.2, 0.25) is 0 Å². The number of para-hydroxylation sites is 1. The molecule has 0 bridgehead atoms. The predicted octanol–water partition coefficient (Wildman–Crippen LogP) is 4.43. The first-order valence-corrected chi connectivity index (χ1v) is 11.4. The van der Waals surface area contributed by atoms with Crippen molar-refractivity contribution in [3.63, 3.8) is 0 Å². The van der Waals surface area contributed by atoms with Crippen molar-refractivity contribution in [1.82, 2.24) is 19.2 Å². The molecule has 0 fully saturated rings. The smallest absolute Gasteiger partial charge is 0.267 e. The molecule has 8 heteroatoms. The molecular formula is C28H24N4O4. The van der Waals surface area contributed by atoms with Crippen molar-refractivity contribution in [1.29, 1.82) is 0 Å². The molecule has 0 spiro atoms. The number of carbonyl (C=O) groups is 1. The normalized spacial score (nSPS) is 11.0. The maximum absolute atomic E-state index is 13.5. The fraction of sp³-hybridized carbons (Fsp3) is 0.143. The van der Waals surface area contributed by atoms with Gasteiger partial charge in [-0.05, 0) is 68.4 Å². The molecule has 0 aliphatic rings. The van der Waals surface area contributed by atoms with Gasteiger partial charge in [-0.15, -0.1) is 0 Å². The lowest BCUT2D eigenvalue weighted by Crippen LogP contribution is -2.20. The number of carbonyl (C=O) groups excluding carboxylic acids is 1. The first kappa shape index (κ1) is 23.0. The van der Waals surface area contributed by atoms with Gasteiger partial charge in [-0.25, -0.2) is 9.67 Å². The molecule has 0 N–H and O–H groups in total. The summed E-state index contributed by atoms with van der Waals surface area (Å²) in [6.45, 7) is 3.52. The summed E-state index contributed by atoms with van der Waals surface area (Å²) in [4.78, 5) is 30.8. The Morgan fingerprint density at radius 2 is 1.72 bits per heavy atom. The minimum absolute atomic E-state index is 0.191. The van der Waals surface area contributed by atoms with Crippen molar-refractivity contribution in [2.24, 2.45) is 0 Å². The van der Waals surface area contributed by atoms with Crippen molar-refractivity contribution in [2.75, 3.05) is 13.7 Å². The number of nitrogens with zero attached hydrogens (tertiary/aromatic N) is 4. The quantitative estimate of drug-likeness (QED) is 0.320. The molecule has 180 valence electrons. The Morgan fingerprint density at radius 3 is 2.44 bits per heavy atom. The zero-order valence-corrected chi connectivity index (χ0v) is 20.1. The van der Waals surface area contributed by atoms with Crippen LogP contribution in [0.3, 0.4) is 0 Å². The Hall–Kier alpha value is -4.72. The molecule has 0 unspecified atom stereocenters.